The van der Waals surface area contributed by atoms with E-state index in [0.717, 1.165) is 25.7 Å². The van der Waals surface area contributed by atoms with Crippen molar-refractivity contribution in [1.82, 2.24) is 0 Å². The van der Waals surface area contributed by atoms with Crippen molar-refractivity contribution >= 4 is 115 Å². The fourth-order valence-corrected chi connectivity index (χ4v) is 16.1. The molecule has 18 aromatic rings. The van der Waals surface area contributed by atoms with Gasteiger partial charge >= 0.3 is 30.2 Å². The Morgan fingerprint density at radius 2 is 0.470 bits per heavy atom. The molecule has 18 rings (SSSR count). The second kappa shape index (κ2) is 30.9. The minimum atomic E-state index is 0. The molecule has 2 unspecified atom stereocenters. The Morgan fingerprint density at radius 1 is 0.260 bits per heavy atom. The first-order chi connectivity index (χ1) is 47.5. The van der Waals surface area contributed by atoms with Crippen molar-refractivity contribution in [1.29, 1.82) is 0 Å². The molecule has 0 saturated heterocycles. The van der Waals surface area contributed by atoms with Crippen molar-refractivity contribution in [3.63, 3.8) is 0 Å². The van der Waals surface area contributed by atoms with Crippen LogP contribution in [-0.2, 0) is 36.2 Å². The molecule has 0 fully saturated rings. The molecule has 100 heavy (non-hydrogen) atoms. The normalized spacial score (nSPS) is 11.7. The van der Waals surface area contributed by atoms with E-state index in [9.17, 15) is 0 Å². The van der Waals surface area contributed by atoms with Crippen LogP contribution in [0.2, 0.25) is 0 Å². The number of halogens is 2. The standard InChI is InChI=1S/2C47H35.2CH3.2ClH.Si.Zr/c2*1-2-32(33-14-4-3-5-15-33)26-31-27-44-42(46-38-20-10-6-16-34(38)29-35-17-7-11-21-39(35)46)24-25-43(45(44)28-31)47-40-22-12-8-18-36(40)30-37-19-9-13-23-41(37)47;;;;;;/h2*3-25,27-30,32H,2,26H2,1H3;2*1H3;2*1H;;/q4*-1;;;;/p-2. The van der Waals surface area contributed by atoms with E-state index in [1.807, 2.05) is 0 Å². The third-order valence-electron chi connectivity index (χ3n) is 20.5. The Labute approximate surface area is 618 Å². The third kappa shape index (κ3) is 13.0. The Morgan fingerprint density at radius 3 is 0.710 bits per heavy atom. The molecule has 18 aromatic carbocycles. The molecule has 0 aliphatic heterocycles. The summed E-state index contributed by atoms with van der Waals surface area (Å²) in [6, 6.07) is 122. The first-order valence-corrected chi connectivity index (χ1v) is 38.1. The van der Waals surface area contributed by atoms with Crippen molar-refractivity contribution in [3.8, 4) is 44.5 Å². The molecule has 0 nitrogen and oxygen atoms in total. The van der Waals surface area contributed by atoms with Crippen LogP contribution in [0.15, 0.2) is 328 Å². The molecule has 0 aliphatic rings. The molecule has 4 heteroatoms. The Balaban J connectivity index is 0.000000178. The van der Waals surface area contributed by atoms with E-state index in [-0.39, 0.29) is 39.7 Å². The van der Waals surface area contributed by atoms with Gasteiger partial charge < -0.3 is 39.7 Å². The summed E-state index contributed by atoms with van der Waals surface area (Å²) in [5.41, 5.74) is 16.2. The zero-order valence-corrected chi connectivity index (χ0v) is 61.9. The van der Waals surface area contributed by atoms with Gasteiger partial charge in [-0.3, -0.25) is 0 Å². The Hall–Kier alpha value is -9.50. The summed E-state index contributed by atoms with van der Waals surface area (Å²) in [5, 5.41) is 26.0. The fraction of sp³-hybridized carbons (Fsp3) is 0.0833. The van der Waals surface area contributed by atoms with Gasteiger partial charge in [-0.25, -0.2) is 0 Å². The van der Waals surface area contributed by atoms with Crippen LogP contribution in [0.5, 0.6) is 0 Å². The van der Waals surface area contributed by atoms with Gasteiger partial charge in [0.25, 0.3) is 0 Å². The predicted octanol–water partition coefficient (Wildman–Crippen LogP) is 21.0. The van der Waals surface area contributed by atoms with E-state index in [0.29, 0.717) is 11.8 Å². The molecule has 0 bridgehead atoms. The van der Waals surface area contributed by atoms with Crippen molar-refractivity contribution in [2.45, 2.75) is 51.4 Å². The first-order valence-electron chi connectivity index (χ1n) is 34.0. The van der Waals surface area contributed by atoms with Crippen LogP contribution in [0.1, 0.15) is 60.8 Å². The molecule has 2 radical (unpaired) electrons. The molecule has 0 aromatic heterocycles. The van der Waals surface area contributed by atoms with Gasteiger partial charge in [-0.05, 0) is 181 Å². The summed E-state index contributed by atoms with van der Waals surface area (Å²) in [6.07, 6.45) is 4.24. The van der Waals surface area contributed by atoms with E-state index in [1.165, 1.54) is 198 Å². The van der Waals surface area contributed by atoms with Crippen molar-refractivity contribution in [2.75, 3.05) is 0 Å². The molecule has 0 saturated carbocycles. The molecular weight excluding hydrogens is 1340 g/mol. The molecule has 488 valence electrons. The average molecular weight is 1420 g/mol. The van der Waals surface area contributed by atoms with E-state index in [1.54, 1.807) is 0 Å². The SMILES string of the molecule is CCC(Cc1cc2c(-c3c4ccccc4cc4ccccc34)ccc(-c3c4ccccc4cc4ccccc34)c2[cH-]1)c1ccccc1.CCC(Cc1cc2c(-c3c4ccccc4cc4ccccc34)ccc(-c3c4ccccc4cc4ccccc34)c2[cH-]1)c1ccccc1.[CH3-].[CH3-].[Cl-].[Cl-].[Si]=[Zr]. The first kappa shape index (κ1) is 70.4. The van der Waals surface area contributed by atoms with Crippen LogP contribution in [0.25, 0.3) is 152 Å². The van der Waals surface area contributed by atoms with Crippen molar-refractivity contribution in [3.05, 3.63) is 365 Å². The van der Waals surface area contributed by atoms with Crippen LogP contribution in [0.3, 0.4) is 0 Å². The summed E-state index contributed by atoms with van der Waals surface area (Å²) in [6.45, 7) is 7.70. The minimum absolute atomic E-state index is 0. The van der Waals surface area contributed by atoms with Gasteiger partial charge in [0, 0.05) is 0 Å². The molecular formula is C96H76Cl2SiZr-6. The molecule has 2 atom stereocenters. The number of fused-ring (bicyclic) bond motifs is 10. The van der Waals surface area contributed by atoms with Gasteiger partial charge in [0.15, 0.2) is 0 Å². The predicted molar refractivity (Wildman–Crippen MR) is 426 cm³/mol. The summed E-state index contributed by atoms with van der Waals surface area (Å²) in [5.74, 6) is 0.938. The van der Waals surface area contributed by atoms with E-state index in [4.69, 9.17) is 0 Å². The molecule has 0 heterocycles. The van der Waals surface area contributed by atoms with Crippen molar-refractivity contribution < 1.29 is 48.1 Å². The molecule has 0 N–H and O–H groups in total. The Kier molecular flexibility index (Phi) is 21.8. The van der Waals surface area contributed by atoms with Gasteiger partial charge in [-0.1, -0.05) is 315 Å². The quantitative estimate of drug-likeness (QED) is 0.0650. The number of hydrogen-bond donors (Lipinski definition) is 0. The summed E-state index contributed by atoms with van der Waals surface area (Å²) >= 11 is 1.36. The monoisotopic (exact) mass is 1420 g/mol. The average Bonchev–Trinajstić information content (AvgIpc) is 1.35. The maximum atomic E-state index is 3.06. The van der Waals surface area contributed by atoms with E-state index < -0.39 is 0 Å². The molecule has 0 spiro atoms. The van der Waals surface area contributed by atoms with Gasteiger partial charge in [-0.2, -0.15) is 12.1 Å². The third-order valence-corrected chi connectivity index (χ3v) is 20.5. The van der Waals surface area contributed by atoms with Crippen LogP contribution in [0.4, 0.5) is 0 Å². The van der Waals surface area contributed by atoms with Gasteiger partial charge in [-0.15, -0.1) is 44.8 Å². The summed E-state index contributed by atoms with van der Waals surface area (Å²) in [7, 11) is 0. The molecule has 0 amide bonds. The van der Waals surface area contributed by atoms with E-state index in [2.05, 4.69) is 348 Å². The van der Waals surface area contributed by atoms with Crippen LogP contribution >= 0.6 is 0 Å². The zero-order chi connectivity index (χ0) is 64.6. The van der Waals surface area contributed by atoms with Gasteiger partial charge in [0.1, 0.15) is 0 Å². The van der Waals surface area contributed by atoms with Crippen molar-refractivity contribution in [2.24, 2.45) is 0 Å². The Bertz CT molecular complexity index is 5050. The topological polar surface area (TPSA) is 0 Å². The van der Waals surface area contributed by atoms with Crippen LogP contribution < -0.4 is 24.8 Å². The fourth-order valence-electron chi connectivity index (χ4n) is 16.1. The van der Waals surface area contributed by atoms with Gasteiger partial charge in [0.05, 0.1) is 0 Å². The zero-order valence-electron chi connectivity index (χ0n) is 56.9. The number of benzene rings is 16. The van der Waals surface area contributed by atoms with Crippen LogP contribution in [-0.4, -0.2) is 6.88 Å². The number of hydrogen-bond acceptors (Lipinski definition) is 0. The summed E-state index contributed by atoms with van der Waals surface area (Å²) < 4.78 is 0. The van der Waals surface area contributed by atoms with Gasteiger partial charge in [0.2, 0.25) is 0 Å². The summed E-state index contributed by atoms with van der Waals surface area (Å²) in [4.78, 5) is 0. The second-order valence-electron chi connectivity index (χ2n) is 25.9. The maximum absolute atomic E-state index is 3.06. The van der Waals surface area contributed by atoms with E-state index >= 15 is 0 Å². The number of rotatable bonds is 12. The second-order valence-corrected chi connectivity index (χ2v) is 25.9. The molecule has 0 aliphatic carbocycles. The van der Waals surface area contributed by atoms with Crippen LogP contribution in [0, 0.1) is 14.9 Å².